The fourth-order valence-corrected chi connectivity index (χ4v) is 2.69. The lowest BCUT2D eigenvalue weighted by atomic mass is 9.93. The Morgan fingerprint density at radius 3 is 2.53 bits per heavy atom. The molecule has 1 saturated heterocycles. The number of nitrogens with one attached hydrogen (secondary N) is 2. The summed E-state index contributed by atoms with van der Waals surface area (Å²) in [5.74, 6) is 0.907. The molecule has 0 aromatic heterocycles. The predicted molar refractivity (Wildman–Crippen MR) is 78.8 cm³/mol. The highest BCUT2D eigenvalue weighted by Gasteiger charge is 2.30. The van der Waals surface area contributed by atoms with E-state index in [4.69, 9.17) is 0 Å². The highest BCUT2D eigenvalue weighted by molar-refractivity contribution is 7.88. The summed E-state index contributed by atoms with van der Waals surface area (Å²) in [7, 11) is -1.30. The fourth-order valence-electron chi connectivity index (χ4n) is 2.17. The molecular formula is C12H26N4O2S. The minimum Gasteiger partial charge on any atom is -0.356 e. The van der Waals surface area contributed by atoms with E-state index in [1.54, 1.807) is 7.05 Å². The van der Waals surface area contributed by atoms with Gasteiger partial charge in [0.1, 0.15) is 0 Å². The molecule has 0 aliphatic carbocycles. The lowest BCUT2D eigenvalue weighted by Gasteiger charge is -2.23. The second-order valence-electron chi connectivity index (χ2n) is 5.83. The molecule has 0 radical (unpaired) electrons. The SMILES string of the molecule is CN=C(NCCCNS(C)(=O)=O)N1CCC(C)(C)C1. The van der Waals surface area contributed by atoms with E-state index in [1.165, 1.54) is 12.7 Å². The van der Waals surface area contributed by atoms with E-state index < -0.39 is 10.0 Å². The van der Waals surface area contributed by atoms with Crippen LogP contribution in [0.2, 0.25) is 0 Å². The van der Waals surface area contributed by atoms with Crippen LogP contribution in [0.3, 0.4) is 0 Å². The molecule has 112 valence electrons. The van der Waals surface area contributed by atoms with Crippen molar-refractivity contribution < 1.29 is 8.42 Å². The molecule has 7 heteroatoms. The van der Waals surface area contributed by atoms with Gasteiger partial charge in [-0.1, -0.05) is 13.8 Å². The second-order valence-corrected chi connectivity index (χ2v) is 7.66. The summed E-state index contributed by atoms with van der Waals surface area (Å²) in [5, 5.41) is 3.28. The third-order valence-corrected chi connectivity index (χ3v) is 3.92. The van der Waals surface area contributed by atoms with Gasteiger partial charge in [0.2, 0.25) is 10.0 Å². The Hall–Kier alpha value is -0.820. The van der Waals surface area contributed by atoms with Crippen molar-refractivity contribution in [3.63, 3.8) is 0 Å². The Morgan fingerprint density at radius 1 is 1.37 bits per heavy atom. The lowest BCUT2D eigenvalue weighted by molar-refractivity contribution is 0.370. The van der Waals surface area contributed by atoms with Crippen LogP contribution in [0.25, 0.3) is 0 Å². The first-order chi connectivity index (χ1) is 8.73. The molecule has 0 bridgehead atoms. The van der Waals surface area contributed by atoms with Crippen LogP contribution in [0.4, 0.5) is 0 Å². The van der Waals surface area contributed by atoms with Crippen molar-refractivity contribution in [2.45, 2.75) is 26.7 Å². The van der Waals surface area contributed by atoms with Crippen LogP contribution >= 0.6 is 0 Å². The molecule has 1 rings (SSSR count). The second kappa shape index (κ2) is 6.56. The number of rotatable bonds is 5. The number of nitrogens with zero attached hydrogens (tertiary/aromatic N) is 2. The highest BCUT2D eigenvalue weighted by atomic mass is 32.2. The molecule has 0 saturated carbocycles. The Morgan fingerprint density at radius 2 is 2.05 bits per heavy atom. The summed E-state index contributed by atoms with van der Waals surface area (Å²) >= 11 is 0. The van der Waals surface area contributed by atoms with Gasteiger partial charge in [-0.3, -0.25) is 4.99 Å². The van der Waals surface area contributed by atoms with Gasteiger partial charge in [0, 0.05) is 33.2 Å². The maximum Gasteiger partial charge on any atom is 0.208 e. The zero-order chi connectivity index (χ0) is 14.5. The standard InChI is InChI=1S/C12H26N4O2S/c1-12(2)6-9-16(10-12)11(13-3)14-7-5-8-15-19(4,17)18/h15H,5-10H2,1-4H3,(H,13,14). The number of hydrogen-bond acceptors (Lipinski definition) is 3. The molecule has 0 aromatic rings. The maximum absolute atomic E-state index is 10.9. The summed E-state index contributed by atoms with van der Waals surface area (Å²) in [6.07, 6.45) is 3.08. The van der Waals surface area contributed by atoms with Crippen molar-refractivity contribution in [2.24, 2.45) is 10.4 Å². The first-order valence-electron chi connectivity index (χ1n) is 6.64. The topological polar surface area (TPSA) is 73.8 Å². The minimum absolute atomic E-state index is 0.343. The lowest BCUT2D eigenvalue weighted by Crippen LogP contribution is -2.41. The number of guanidine groups is 1. The van der Waals surface area contributed by atoms with Crippen LogP contribution in [-0.2, 0) is 10.0 Å². The van der Waals surface area contributed by atoms with Crippen LogP contribution in [0.5, 0.6) is 0 Å². The van der Waals surface area contributed by atoms with Crippen molar-refractivity contribution in [2.75, 3.05) is 39.5 Å². The van der Waals surface area contributed by atoms with E-state index >= 15 is 0 Å². The van der Waals surface area contributed by atoms with Gasteiger partial charge in [-0.15, -0.1) is 0 Å². The molecule has 1 fully saturated rings. The van der Waals surface area contributed by atoms with Crippen LogP contribution < -0.4 is 10.0 Å². The zero-order valence-corrected chi connectivity index (χ0v) is 13.2. The van der Waals surface area contributed by atoms with Crippen LogP contribution in [0.15, 0.2) is 4.99 Å². The number of likely N-dealkylation sites (tertiary alicyclic amines) is 1. The Balaban J connectivity index is 2.27. The fraction of sp³-hybridized carbons (Fsp3) is 0.917. The first kappa shape index (κ1) is 16.2. The predicted octanol–water partition coefficient (Wildman–Crippen LogP) is 0.233. The minimum atomic E-state index is -3.08. The third kappa shape index (κ3) is 6.24. The van der Waals surface area contributed by atoms with Crippen LogP contribution in [0, 0.1) is 5.41 Å². The summed E-state index contributed by atoms with van der Waals surface area (Å²) in [6, 6.07) is 0. The van der Waals surface area contributed by atoms with E-state index in [2.05, 4.69) is 33.8 Å². The van der Waals surface area contributed by atoms with E-state index in [0.717, 1.165) is 25.5 Å². The molecular weight excluding hydrogens is 264 g/mol. The summed E-state index contributed by atoms with van der Waals surface area (Å²) < 4.78 is 24.3. The average molecular weight is 290 g/mol. The van der Waals surface area contributed by atoms with Gasteiger partial charge >= 0.3 is 0 Å². The van der Waals surface area contributed by atoms with Crippen LogP contribution in [0.1, 0.15) is 26.7 Å². The van der Waals surface area contributed by atoms with E-state index in [0.29, 0.717) is 18.5 Å². The number of hydrogen-bond donors (Lipinski definition) is 2. The van der Waals surface area contributed by atoms with Gasteiger partial charge in [0.25, 0.3) is 0 Å². The molecule has 1 aliphatic heterocycles. The largest absolute Gasteiger partial charge is 0.356 e. The quantitative estimate of drug-likeness (QED) is 0.432. The monoisotopic (exact) mass is 290 g/mol. The van der Waals surface area contributed by atoms with Gasteiger partial charge in [0.15, 0.2) is 5.96 Å². The molecule has 0 spiro atoms. The van der Waals surface area contributed by atoms with Crippen molar-refractivity contribution in [3.05, 3.63) is 0 Å². The summed E-state index contributed by atoms with van der Waals surface area (Å²) in [5.41, 5.74) is 0.343. The molecule has 1 aliphatic rings. The zero-order valence-electron chi connectivity index (χ0n) is 12.4. The van der Waals surface area contributed by atoms with E-state index in [1.807, 2.05) is 0 Å². The van der Waals surface area contributed by atoms with Crippen molar-refractivity contribution in [1.29, 1.82) is 0 Å². The van der Waals surface area contributed by atoms with Crippen molar-refractivity contribution in [3.8, 4) is 0 Å². The van der Waals surface area contributed by atoms with Gasteiger partial charge in [0.05, 0.1) is 6.26 Å². The van der Waals surface area contributed by atoms with Gasteiger partial charge in [-0.05, 0) is 18.3 Å². The Bertz CT molecular complexity index is 417. The molecule has 19 heavy (non-hydrogen) atoms. The normalized spacial score (nSPS) is 19.8. The highest BCUT2D eigenvalue weighted by Crippen LogP contribution is 2.28. The first-order valence-corrected chi connectivity index (χ1v) is 8.53. The van der Waals surface area contributed by atoms with Gasteiger partial charge in [-0.2, -0.15) is 0 Å². The summed E-state index contributed by atoms with van der Waals surface area (Å²) in [4.78, 5) is 6.53. The smallest absolute Gasteiger partial charge is 0.208 e. The molecule has 1 heterocycles. The number of aliphatic imine (C=N–C) groups is 1. The average Bonchev–Trinajstić information content (AvgIpc) is 2.62. The van der Waals surface area contributed by atoms with Crippen LogP contribution in [-0.4, -0.2) is 58.8 Å². The Labute approximate surface area is 116 Å². The van der Waals surface area contributed by atoms with Gasteiger partial charge < -0.3 is 10.2 Å². The Kier molecular flexibility index (Phi) is 5.61. The van der Waals surface area contributed by atoms with Gasteiger partial charge in [-0.25, -0.2) is 13.1 Å². The summed E-state index contributed by atoms with van der Waals surface area (Å²) in [6.45, 7) is 7.72. The molecule has 0 unspecified atom stereocenters. The molecule has 2 N–H and O–H groups in total. The van der Waals surface area contributed by atoms with Crippen molar-refractivity contribution in [1.82, 2.24) is 14.9 Å². The van der Waals surface area contributed by atoms with Crippen molar-refractivity contribution >= 4 is 16.0 Å². The number of sulfonamides is 1. The van der Waals surface area contributed by atoms with E-state index in [-0.39, 0.29) is 0 Å². The molecule has 6 nitrogen and oxygen atoms in total. The molecule has 0 aromatic carbocycles. The third-order valence-electron chi connectivity index (χ3n) is 3.19. The maximum atomic E-state index is 10.9. The molecule has 0 amide bonds. The molecule has 0 atom stereocenters. The van der Waals surface area contributed by atoms with E-state index in [9.17, 15) is 8.42 Å².